The summed E-state index contributed by atoms with van der Waals surface area (Å²) in [5.41, 5.74) is 0.695. The lowest BCUT2D eigenvalue weighted by Gasteiger charge is -2.09. The number of halogens is 1. The fraction of sp³-hybridized carbons (Fsp3) is 0.500. The van der Waals surface area contributed by atoms with Gasteiger partial charge in [0.05, 0.1) is 6.10 Å². The zero-order chi connectivity index (χ0) is 10.4. The molecule has 1 rings (SSSR count). The Labute approximate surface area is 83.0 Å². The van der Waals surface area contributed by atoms with Crippen LogP contribution in [-0.4, -0.2) is 22.7 Å². The first-order chi connectivity index (χ1) is 6.72. The van der Waals surface area contributed by atoms with Gasteiger partial charge in [-0.25, -0.2) is 4.98 Å². The van der Waals surface area contributed by atoms with Crippen molar-refractivity contribution in [3.8, 4) is 0 Å². The second-order valence-electron chi connectivity index (χ2n) is 3.14. The van der Waals surface area contributed by atoms with Crippen LogP contribution in [0.4, 0.5) is 10.1 Å². The highest BCUT2D eigenvalue weighted by atomic mass is 19.1. The molecule has 3 nitrogen and oxygen atoms in total. The summed E-state index contributed by atoms with van der Waals surface area (Å²) < 4.78 is 12.6. The van der Waals surface area contributed by atoms with E-state index in [9.17, 15) is 9.50 Å². The van der Waals surface area contributed by atoms with Crippen molar-refractivity contribution in [1.29, 1.82) is 0 Å². The lowest BCUT2D eigenvalue weighted by atomic mass is 10.2. The Morgan fingerprint density at radius 2 is 2.43 bits per heavy atom. The maximum atomic E-state index is 12.6. The van der Waals surface area contributed by atoms with Crippen LogP contribution in [0.25, 0.3) is 0 Å². The molecule has 1 atom stereocenters. The maximum absolute atomic E-state index is 12.6. The highest BCUT2D eigenvalue weighted by Crippen LogP contribution is 2.07. The molecule has 1 aromatic heterocycles. The zero-order valence-electron chi connectivity index (χ0n) is 8.20. The monoisotopic (exact) mass is 198 g/mol. The van der Waals surface area contributed by atoms with Crippen molar-refractivity contribution < 1.29 is 9.50 Å². The van der Waals surface area contributed by atoms with Crippen molar-refractivity contribution in [2.45, 2.75) is 25.9 Å². The molecule has 14 heavy (non-hydrogen) atoms. The smallest absolute Gasteiger partial charge is 0.214 e. The maximum Gasteiger partial charge on any atom is 0.214 e. The molecule has 0 aliphatic carbocycles. The van der Waals surface area contributed by atoms with E-state index in [2.05, 4.69) is 10.3 Å². The third-order valence-corrected chi connectivity index (χ3v) is 2.00. The molecule has 0 aliphatic heterocycles. The standard InChI is InChI=1S/C10H15FN2O/c1-2-9(14)4-6-12-8-3-5-13-10(11)7-8/h3,5,7,9,14H,2,4,6H2,1H3,(H,12,13). The van der Waals surface area contributed by atoms with Crippen molar-refractivity contribution in [3.05, 3.63) is 24.3 Å². The van der Waals surface area contributed by atoms with Gasteiger partial charge >= 0.3 is 0 Å². The van der Waals surface area contributed by atoms with Crippen LogP contribution in [0.5, 0.6) is 0 Å². The van der Waals surface area contributed by atoms with E-state index in [0.717, 1.165) is 6.42 Å². The normalized spacial score (nSPS) is 12.5. The second kappa shape index (κ2) is 5.54. The summed E-state index contributed by atoms with van der Waals surface area (Å²) >= 11 is 0. The summed E-state index contributed by atoms with van der Waals surface area (Å²) in [6.45, 7) is 2.56. The summed E-state index contributed by atoms with van der Waals surface area (Å²) in [4.78, 5) is 3.44. The number of nitrogens with one attached hydrogen (secondary N) is 1. The number of anilines is 1. The predicted molar refractivity (Wildman–Crippen MR) is 53.6 cm³/mol. The minimum atomic E-state index is -0.494. The molecule has 1 unspecified atom stereocenters. The van der Waals surface area contributed by atoms with Gasteiger partial charge in [0.1, 0.15) is 0 Å². The SMILES string of the molecule is CCC(O)CCNc1ccnc(F)c1. The molecule has 0 aliphatic rings. The number of hydrogen-bond acceptors (Lipinski definition) is 3. The number of rotatable bonds is 5. The minimum absolute atomic E-state index is 0.283. The Balaban J connectivity index is 2.31. The molecule has 2 N–H and O–H groups in total. The summed E-state index contributed by atoms with van der Waals surface area (Å²) in [6, 6.07) is 3.03. The molecule has 78 valence electrons. The fourth-order valence-corrected chi connectivity index (χ4v) is 1.10. The van der Waals surface area contributed by atoms with Crippen LogP contribution in [0.2, 0.25) is 0 Å². The van der Waals surface area contributed by atoms with Gasteiger partial charge in [0, 0.05) is 24.5 Å². The van der Waals surface area contributed by atoms with Crippen molar-refractivity contribution >= 4 is 5.69 Å². The molecular formula is C10H15FN2O. The number of pyridine rings is 1. The molecule has 0 aromatic carbocycles. The van der Waals surface area contributed by atoms with Crippen LogP contribution in [0.15, 0.2) is 18.3 Å². The average Bonchev–Trinajstić information content (AvgIpc) is 2.17. The lowest BCUT2D eigenvalue weighted by Crippen LogP contribution is -2.12. The summed E-state index contributed by atoms with van der Waals surface area (Å²) in [7, 11) is 0. The number of nitrogens with zero attached hydrogens (tertiary/aromatic N) is 1. The third-order valence-electron chi connectivity index (χ3n) is 2.00. The molecule has 0 radical (unpaired) electrons. The van der Waals surface area contributed by atoms with Gasteiger partial charge in [-0.2, -0.15) is 4.39 Å². The van der Waals surface area contributed by atoms with Crippen LogP contribution in [0.3, 0.4) is 0 Å². The Bertz CT molecular complexity index is 281. The van der Waals surface area contributed by atoms with Crippen LogP contribution in [-0.2, 0) is 0 Å². The van der Waals surface area contributed by atoms with Gasteiger partial charge in [-0.3, -0.25) is 0 Å². The van der Waals surface area contributed by atoms with Gasteiger partial charge in [0.25, 0.3) is 0 Å². The number of aliphatic hydroxyl groups excluding tert-OH is 1. The zero-order valence-corrected chi connectivity index (χ0v) is 8.20. The molecule has 1 aromatic rings. The van der Waals surface area contributed by atoms with E-state index in [1.165, 1.54) is 12.3 Å². The van der Waals surface area contributed by atoms with Crippen LogP contribution >= 0.6 is 0 Å². The largest absolute Gasteiger partial charge is 0.393 e. The van der Waals surface area contributed by atoms with Gasteiger partial charge in [-0.1, -0.05) is 6.92 Å². The summed E-state index contributed by atoms with van der Waals surface area (Å²) in [5, 5.41) is 12.3. The van der Waals surface area contributed by atoms with Gasteiger partial charge in [0.15, 0.2) is 0 Å². The van der Waals surface area contributed by atoms with Crippen LogP contribution < -0.4 is 5.32 Å². The highest BCUT2D eigenvalue weighted by molar-refractivity contribution is 5.40. The van der Waals surface area contributed by atoms with E-state index in [0.29, 0.717) is 18.7 Å². The molecule has 0 fully saturated rings. The van der Waals surface area contributed by atoms with E-state index in [4.69, 9.17) is 0 Å². The van der Waals surface area contributed by atoms with Crippen LogP contribution in [0.1, 0.15) is 19.8 Å². The Kier molecular flexibility index (Phi) is 4.32. The molecular weight excluding hydrogens is 183 g/mol. The predicted octanol–water partition coefficient (Wildman–Crippen LogP) is 1.79. The molecule has 0 bridgehead atoms. The molecule has 4 heteroatoms. The molecule has 0 saturated carbocycles. The number of aliphatic hydroxyl groups is 1. The molecule has 0 spiro atoms. The van der Waals surface area contributed by atoms with E-state index in [1.54, 1.807) is 6.07 Å². The topological polar surface area (TPSA) is 45.1 Å². The Morgan fingerprint density at radius 3 is 3.07 bits per heavy atom. The van der Waals surface area contributed by atoms with Gasteiger partial charge in [0.2, 0.25) is 5.95 Å². The van der Waals surface area contributed by atoms with Crippen molar-refractivity contribution in [2.24, 2.45) is 0 Å². The Hall–Kier alpha value is -1.16. The van der Waals surface area contributed by atoms with Crippen LogP contribution in [0, 0.1) is 5.95 Å². The first kappa shape index (κ1) is 10.9. The Morgan fingerprint density at radius 1 is 1.64 bits per heavy atom. The molecule has 0 amide bonds. The van der Waals surface area contributed by atoms with Gasteiger partial charge < -0.3 is 10.4 Å². The average molecular weight is 198 g/mol. The quantitative estimate of drug-likeness (QED) is 0.709. The summed E-state index contributed by atoms with van der Waals surface area (Å²) in [6.07, 6.45) is 2.54. The van der Waals surface area contributed by atoms with E-state index in [-0.39, 0.29) is 6.10 Å². The van der Waals surface area contributed by atoms with Gasteiger partial charge in [-0.15, -0.1) is 0 Å². The minimum Gasteiger partial charge on any atom is -0.393 e. The number of hydrogen-bond donors (Lipinski definition) is 2. The van der Waals surface area contributed by atoms with Crippen molar-refractivity contribution in [2.75, 3.05) is 11.9 Å². The first-order valence-corrected chi connectivity index (χ1v) is 4.76. The highest BCUT2D eigenvalue weighted by Gasteiger charge is 2.00. The third kappa shape index (κ3) is 3.70. The second-order valence-corrected chi connectivity index (χ2v) is 3.14. The van der Waals surface area contributed by atoms with E-state index >= 15 is 0 Å². The van der Waals surface area contributed by atoms with Crippen molar-refractivity contribution in [3.63, 3.8) is 0 Å². The fourth-order valence-electron chi connectivity index (χ4n) is 1.10. The molecule has 0 saturated heterocycles. The van der Waals surface area contributed by atoms with Gasteiger partial charge in [-0.05, 0) is 18.9 Å². The summed E-state index contributed by atoms with van der Waals surface area (Å²) in [5.74, 6) is -0.494. The van der Waals surface area contributed by atoms with E-state index in [1.807, 2.05) is 6.92 Å². The van der Waals surface area contributed by atoms with E-state index < -0.39 is 5.95 Å². The molecule has 1 heterocycles. The number of aromatic nitrogens is 1. The van der Waals surface area contributed by atoms with Crippen molar-refractivity contribution in [1.82, 2.24) is 4.98 Å². The lowest BCUT2D eigenvalue weighted by molar-refractivity contribution is 0.164. The first-order valence-electron chi connectivity index (χ1n) is 4.76.